The summed E-state index contributed by atoms with van der Waals surface area (Å²) >= 11 is 3.33. The quantitative estimate of drug-likeness (QED) is 0.836. The topological polar surface area (TPSA) is 68.3 Å². The molecule has 2 aromatic rings. The minimum Gasteiger partial charge on any atom is -0.456 e. The minimum atomic E-state index is -0.288. The molecule has 0 radical (unpaired) electrons. The molecule has 0 bridgehead atoms. The molecule has 4 nitrogen and oxygen atoms in total. The number of nitrogen functional groups attached to an aromatic ring is 1. The standard InChI is InChI=1S/C12H11BrN2O2/c1-7-2-5-11(17-7)12(16)15-10-4-3-8(14)6-9(10)13/h2-6H,14H2,1H3,(H,15,16). The lowest BCUT2D eigenvalue weighted by molar-refractivity contribution is 0.0995. The molecule has 1 heterocycles. The first-order valence-corrected chi connectivity index (χ1v) is 5.78. The van der Waals surface area contributed by atoms with Crippen molar-refractivity contribution < 1.29 is 9.21 Å². The third-order valence-corrected chi connectivity index (χ3v) is 2.86. The molecule has 1 aromatic heterocycles. The van der Waals surface area contributed by atoms with Crippen LogP contribution in [0.5, 0.6) is 0 Å². The van der Waals surface area contributed by atoms with E-state index in [-0.39, 0.29) is 11.7 Å². The average molecular weight is 295 g/mol. The van der Waals surface area contributed by atoms with Crippen molar-refractivity contribution in [2.45, 2.75) is 6.92 Å². The second-order valence-corrected chi connectivity index (χ2v) is 4.46. The monoisotopic (exact) mass is 294 g/mol. The van der Waals surface area contributed by atoms with Crippen LogP contribution in [-0.2, 0) is 0 Å². The van der Waals surface area contributed by atoms with Crippen molar-refractivity contribution >= 4 is 33.2 Å². The summed E-state index contributed by atoms with van der Waals surface area (Å²) < 4.78 is 5.96. The van der Waals surface area contributed by atoms with Gasteiger partial charge in [-0.2, -0.15) is 0 Å². The highest BCUT2D eigenvalue weighted by Crippen LogP contribution is 2.25. The number of halogens is 1. The predicted molar refractivity (Wildman–Crippen MR) is 70.0 cm³/mol. The van der Waals surface area contributed by atoms with Gasteiger partial charge in [0, 0.05) is 10.2 Å². The first-order valence-electron chi connectivity index (χ1n) is 4.99. The lowest BCUT2D eigenvalue weighted by Crippen LogP contribution is -2.11. The number of anilines is 2. The number of aryl methyl sites for hydroxylation is 1. The predicted octanol–water partition coefficient (Wildman–Crippen LogP) is 3.19. The van der Waals surface area contributed by atoms with Crippen LogP contribution in [-0.4, -0.2) is 5.91 Å². The molecular formula is C12H11BrN2O2. The Morgan fingerprint density at radius 2 is 2.12 bits per heavy atom. The molecular weight excluding hydrogens is 284 g/mol. The average Bonchev–Trinajstić information content (AvgIpc) is 2.69. The fourth-order valence-corrected chi connectivity index (χ4v) is 1.87. The summed E-state index contributed by atoms with van der Waals surface area (Å²) in [5, 5.41) is 2.73. The number of hydrogen-bond acceptors (Lipinski definition) is 3. The van der Waals surface area contributed by atoms with Gasteiger partial charge in [0.25, 0.3) is 5.91 Å². The smallest absolute Gasteiger partial charge is 0.291 e. The van der Waals surface area contributed by atoms with Gasteiger partial charge in [0.15, 0.2) is 5.76 Å². The molecule has 0 aliphatic heterocycles. The van der Waals surface area contributed by atoms with Gasteiger partial charge in [-0.1, -0.05) is 0 Å². The molecule has 0 aliphatic rings. The molecule has 1 amide bonds. The summed E-state index contributed by atoms with van der Waals surface area (Å²) in [6, 6.07) is 8.55. The third kappa shape index (κ3) is 2.68. The zero-order valence-corrected chi connectivity index (χ0v) is 10.7. The van der Waals surface area contributed by atoms with Crippen LogP contribution in [0.2, 0.25) is 0 Å². The second-order valence-electron chi connectivity index (χ2n) is 3.60. The number of nitrogens with two attached hydrogens (primary N) is 1. The maximum Gasteiger partial charge on any atom is 0.291 e. The maximum atomic E-state index is 11.8. The van der Waals surface area contributed by atoms with Crippen LogP contribution in [0.25, 0.3) is 0 Å². The molecule has 2 rings (SSSR count). The van der Waals surface area contributed by atoms with E-state index in [0.29, 0.717) is 17.1 Å². The van der Waals surface area contributed by atoms with Gasteiger partial charge in [0.1, 0.15) is 5.76 Å². The Balaban J connectivity index is 2.18. The molecule has 88 valence electrons. The fraction of sp³-hybridized carbons (Fsp3) is 0.0833. The van der Waals surface area contributed by atoms with E-state index in [4.69, 9.17) is 10.2 Å². The Labute approximate surface area is 107 Å². The van der Waals surface area contributed by atoms with E-state index in [1.165, 1.54) is 0 Å². The van der Waals surface area contributed by atoms with Crippen LogP contribution < -0.4 is 11.1 Å². The molecule has 0 aliphatic carbocycles. The maximum absolute atomic E-state index is 11.8. The highest BCUT2D eigenvalue weighted by atomic mass is 79.9. The van der Waals surface area contributed by atoms with E-state index in [9.17, 15) is 4.79 Å². The van der Waals surface area contributed by atoms with Gasteiger partial charge in [-0.05, 0) is 53.2 Å². The van der Waals surface area contributed by atoms with E-state index in [1.54, 1.807) is 37.3 Å². The Hall–Kier alpha value is -1.75. The van der Waals surface area contributed by atoms with Gasteiger partial charge in [-0.25, -0.2) is 0 Å². The number of benzene rings is 1. The van der Waals surface area contributed by atoms with Crippen molar-refractivity contribution in [2.24, 2.45) is 0 Å². The number of amides is 1. The van der Waals surface area contributed by atoms with Crippen LogP contribution in [0.15, 0.2) is 39.2 Å². The lowest BCUT2D eigenvalue weighted by atomic mass is 10.3. The highest BCUT2D eigenvalue weighted by molar-refractivity contribution is 9.10. The van der Waals surface area contributed by atoms with Crippen molar-refractivity contribution in [1.29, 1.82) is 0 Å². The summed E-state index contributed by atoms with van der Waals surface area (Å²) in [6.45, 7) is 1.79. The van der Waals surface area contributed by atoms with Gasteiger partial charge >= 0.3 is 0 Å². The van der Waals surface area contributed by atoms with Crippen LogP contribution in [0, 0.1) is 6.92 Å². The van der Waals surface area contributed by atoms with Crippen LogP contribution in [0.3, 0.4) is 0 Å². The van der Waals surface area contributed by atoms with E-state index in [2.05, 4.69) is 21.2 Å². The first kappa shape index (κ1) is 11.7. The van der Waals surface area contributed by atoms with E-state index in [1.807, 2.05) is 0 Å². The Morgan fingerprint density at radius 3 is 2.71 bits per heavy atom. The van der Waals surface area contributed by atoms with Crippen molar-refractivity contribution in [2.75, 3.05) is 11.1 Å². The number of nitrogens with one attached hydrogen (secondary N) is 1. The Morgan fingerprint density at radius 1 is 1.35 bits per heavy atom. The van der Waals surface area contributed by atoms with Crippen LogP contribution in [0.4, 0.5) is 11.4 Å². The molecule has 0 fully saturated rings. The Bertz CT molecular complexity index is 563. The number of hydrogen-bond donors (Lipinski definition) is 2. The molecule has 3 N–H and O–H groups in total. The SMILES string of the molecule is Cc1ccc(C(=O)Nc2ccc(N)cc2Br)o1. The zero-order valence-electron chi connectivity index (χ0n) is 9.16. The number of carbonyl (C=O) groups excluding carboxylic acids is 1. The van der Waals surface area contributed by atoms with Crippen molar-refractivity contribution in [3.63, 3.8) is 0 Å². The lowest BCUT2D eigenvalue weighted by Gasteiger charge is -2.06. The fourth-order valence-electron chi connectivity index (χ4n) is 1.37. The minimum absolute atomic E-state index is 0.284. The van der Waals surface area contributed by atoms with Crippen molar-refractivity contribution in [3.8, 4) is 0 Å². The van der Waals surface area contributed by atoms with Crippen molar-refractivity contribution in [3.05, 3.63) is 46.3 Å². The summed E-state index contributed by atoms with van der Waals surface area (Å²) in [5.41, 5.74) is 6.89. The Kier molecular flexibility index (Phi) is 3.19. The zero-order chi connectivity index (χ0) is 12.4. The van der Waals surface area contributed by atoms with Gasteiger partial charge in [0.2, 0.25) is 0 Å². The van der Waals surface area contributed by atoms with E-state index >= 15 is 0 Å². The number of carbonyl (C=O) groups is 1. The first-order chi connectivity index (χ1) is 8.06. The van der Waals surface area contributed by atoms with Gasteiger partial charge in [-0.15, -0.1) is 0 Å². The number of furan rings is 1. The molecule has 0 unspecified atom stereocenters. The molecule has 0 saturated carbocycles. The van der Waals surface area contributed by atoms with Gasteiger partial charge in [-0.3, -0.25) is 4.79 Å². The molecule has 0 spiro atoms. The van der Waals surface area contributed by atoms with Gasteiger partial charge in [0.05, 0.1) is 5.69 Å². The normalized spacial score (nSPS) is 10.2. The molecule has 17 heavy (non-hydrogen) atoms. The van der Waals surface area contributed by atoms with Gasteiger partial charge < -0.3 is 15.5 Å². The summed E-state index contributed by atoms with van der Waals surface area (Å²) in [7, 11) is 0. The van der Waals surface area contributed by atoms with Crippen LogP contribution >= 0.6 is 15.9 Å². The van der Waals surface area contributed by atoms with E-state index in [0.717, 1.165) is 4.47 Å². The van der Waals surface area contributed by atoms with Crippen LogP contribution in [0.1, 0.15) is 16.3 Å². The number of rotatable bonds is 2. The molecule has 1 aromatic carbocycles. The molecule has 5 heteroatoms. The van der Waals surface area contributed by atoms with Crippen molar-refractivity contribution in [1.82, 2.24) is 0 Å². The largest absolute Gasteiger partial charge is 0.456 e. The highest BCUT2D eigenvalue weighted by Gasteiger charge is 2.11. The molecule has 0 atom stereocenters. The summed E-state index contributed by atoms with van der Waals surface area (Å²) in [5.74, 6) is 0.696. The summed E-state index contributed by atoms with van der Waals surface area (Å²) in [4.78, 5) is 11.8. The van der Waals surface area contributed by atoms with E-state index < -0.39 is 0 Å². The third-order valence-electron chi connectivity index (χ3n) is 2.21. The molecule has 0 saturated heterocycles. The second kappa shape index (κ2) is 4.63. The summed E-state index contributed by atoms with van der Waals surface area (Å²) in [6.07, 6.45) is 0.